The van der Waals surface area contributed by atoms with Crippen LogP contribution in [0, 0.1) is 0 Å². The Morgan fingerprint density at radius 2 is 1.59 bits per heavy atom. The second-order valence-corrected chi connectivity index (χ2v) is 6.56. The zero-order valence-corrected chi connectivity index (χ0v) is 16.7. The van der Waals surface area contributed by atoms with Crippen LogP contribution in [-0.4, -0.2) is 31.7 Å². The second kappa shape index (κ2) is 9.69. The number of methoxy groups -OCH3 is 1. The third-order valence-corrected chi connectivity index (χ3v) is 4.37. The number of hydrogen-bond donors (Lipinski definition) is 1. The minimum atomic E-state index is -0.903. The van der Waals surface area contributed by atoms with Crippen molar-refractivity contribution in [3.8, 4) is 11.5 Å². The van der Waals surface area contributed by atoms with Gasteiger partial charge in [-0.25, -0.2) is 4.79 Å². The number of halogens is 3. The maximum absolute atomic E-state index is 12.0. The molecule has 0 aliphatic rings. The topological polar surface area (TPSA) is 73.9 Å². The number of carbonyl (C=O) groups is 2. The molecule has 0 heterocycles. The zero-order valence-electron chi connectivity index (χ0n) is 14.4. The fourth-order valence-corrected chi connectivity index (χ4v) is 2.56. The van der Waals surface area contributed by atoms with Crippen molar-refractivity contribution in [1.29, 1.82) is 0 Å². The van der Waals surface area contributed by atoms with Crippen molar-refractivity contribution in [3.05, 3.63) is 51.5 Å². The molecule has 0 saturated heterocycles. The summed E-state index contributed by atoms with van der Waals surface area (Å²) in [7, 11) is 1.55. The Bertz CT molecular complexity index is 826. The predicted molar refractivity (Wildman–Crippen MR) is 104 cm³/mol. The van der Waals surface area contributed by atoms with Gasteiger partial charge in [0.1, 0.15) is 11.5 Å². The Balaban J connectivity index is 1.84. The van der Waals surface area contributed by atoms with Crippen molar-refractivity contribution < 1.29 is 23.8 Å². The maximum Gasteiger partial charge on any atom is 0.347 e. The molecule has 0 spiro atoms. The number of esters is 1. The molecule has 144 valence electrons. The first-order chi connectivity index (χ1) is 12.8. The van der Waals surface area contributed by atoms with Gasteiger partial charge in [0.15, 0.2) is 12.7 Å². The molecule has 2 aromatic rings. The molecule has 1 unspecified atom stereocenters. The number of anilines is 1. The number of amides is 1. The van der Waals surface area contributed by atoms with E-state index in [0.717, 1.165) is 0 Å². The summed E-state index contributed by atoms with van der Waals surface area (Å²) < 4.78 is 15.4. The van der Waals surface area contributed by atoms with Crippen LogP contribution in [0.2, 0.25) is 15.1 Å². The van der Waals surface area contributed by atoms with Crippen molar-refractivity contribution >= 4 is 52.4 Å². The van der Waals surface area contributed by atoms with E-state index in [1.807, 2.05) is 0 Å². The van der Waals surface area contributed by atoms with Crippen LogP contribution in [0.4, 0.5) is 5.69 Å². The number of benzene rings is 2. The second-order valence-electron chi connectivity index (χ2n) is 5.34. The molecular formula is C18H16Cl3NO5. The standard InChI is InChI=1S/C18H16Cl3NO5/c1-10(27-12-5-3-11(25-2)4-6-12)18(24)26-9-17(23)22-16-8-14(20)13(19)7-15(16)21/h3-8,10H,9H2,1-2H3,(H,22,23). The van der Waals surface area contributed by atoms with E-state index in [9.17, 15) is 9.59 Å². The van der Waals surface area contributed by atoms with Crippen LogP contribution < -0.4 is 14.8 Å². The van der Waals surface area contributed by atoms with Crippen molar-refractivity contribution in [2.75, 3.05) is 19.0 Å². The Kier molecular flexibility index (Phi) is 7.59. The fourth-order valence-electron chi connectivity index (χ4n) is 1.97. The minimum Gasteiger partial charge on any atom is -0.497 e. The number of rotatable bonds is 7. The summed E-state index contributed by atoms with van der Waals surface area (Å²) >= 11 is 17.7. The van der Waals surface area contributed by atoms with Gasteiger partial charge in [-0.05, 0) is 43.3 Å². The Morgan fingerprint density at radius 1 is 1.00 bits per heavy atom. The van der Waals surface area contributed by atoms with Crippen molar-refractivity contribution in [2.24, 2.45) is 0 Å². The van der Waals surface area contributed by atoms with E-state index >= 15 is 0 Å². The normalized spacial score (nSPS) is 11.4. The lowest BCUT2D eigenvalue weighted by Gasteiger charge is -2.14. The van der Waals surface area contributed by atoms with E-state index < -0.39 is 24.6 Å². The average molecular weight is 433 g/mol. The highest BCUT2D eigenvalue weighted by atomic mass is 35.5. The molecule has 0 bridgehead atoms. The molecule has 0 aliphatic heterocycles. The number of ether oxygens (including phenoxy) is 3. The van der Waals surface area contributed by atoms with Crippen LogP contribution in [0.15, 0.2) is 36.4 Å². The van der Waals surface area contributed by atoms with Crippen molar-refractivity contribution in [3.63, 3.8) is 0 Å². The number of nitrogens with one attached hydrogen (secondary N) is 1. The first kappa shape index (κ1) is 21.2. The van der Waals surface area contributed by atoms with Crippen molar-refractivity contribution in [2.45, 2.75) is 13.0 Å². The Morgan fingerprint density at radius 3 is 2.22 bits per heavy atom. The van der Waals surface area contributed by atoms with Gasteiger partial charge in [-0.15, -0.1) is 0 Å². The quantitative estimate of drug-likeness (QED) is 0.511. The van der Waals surface area contributed by atoms with Gasteiger partial charge in [0.2, 0.25) is 0 Å². The van der Waals surface area contributed by atoms with Crippen LogP contribution >= 0.6 is 34.8 Å². The molecule has 0 fully saturated rings. The van der Waals surface area contributed by atoms with Gasteiger partial charge in [-0.3, -0.25) is 4.79 Å². The number of hydrogen-bond acceptors (Lipinski definition) is 5. The molecule has 27 heavy (non-hydrogen) atoms. The third kappa shape index (κ3) is 6.20. The van der Waals surface area contributed by atoms with Crippen LogP contribution in [0.1, 0.15) is 6.92 Å². The minimum absolute atomic E-state index is 0.209. The van der Waals surface area contributed by atoms with Gasteiger partial charge in [0, 0.05) is 0 Å². The summed E-state index contributed by atoms with van der Waals surface area (Å²) in [5.41, 5.74) is 0.259. The molecule has 1 amide bonds. The van der Waals surface area contributed by atoms with E-state index in [1.165, 1.54) is 19.1 Å². The molecule has 1 atom stereocenters. The summed E-state index contributed by atoms with van der Waals surface area (Å²) in [5.74, 6) is -0.149. The molecule has 2 rings (SSSR count). The fraction of sp³-hybridized carbons (Fsp3) is 0.222. The first-order valence-electron chi connectivity index (χ1n) is 7.72. The molecule has 0 aromatic heterocycles. The van der Waals surface area contributed by atoms with Gasteiger partial charge in [-0.1, -0.05) is 34.8 Å². The molecule has 0 aliphatic carbocycles. The van der Waals surface area contributed by atoms with Gasteiger partial charge < -0.3 is 19.5 Å². The SMILES string of the molecule is COc1ccc(OC(C)C(=O)OCC(=O)Nc2cc(Cl)c(Cl)cc2Cl)cc1. The zero-order chi connectivity index (χ0) is 20.0. The lowest BCUT2D eigenvalue weighted by Crippen LogP contribution is -2.29. The van der Waals surface area contributed by atoms with Crippen LogP contribution in [0.3, 0.4) is 0 Å². The largest absolute Gasteiger partial charge is 0.497 e. The lowest BCUT2D eigenvalue weighted by atomic mass is 10.3. The van der Waals surface area contributed by atoms with Crippen molar-refractivity contribution in [1.82, 2.24) is 0 Å². The van der Waals surface area contributed by atoms with E-state index in [2.05, 4.69) is 5.32 Å². The average Bonchev–Trinajstić information content (AvgIpc) is 2.64. The highest BCUT2D eigenvalue weighted by Gasteiger charge is 2.18. The summed E-state index contributed by atoms with van der Waals surface area (Å²) in [6.45, 7) is 1.01. The van der Waals surface area contributed by atoms with Gasteiger partial charge in [0.25, 0.3) is 5.91 Å². The first-order valence-corrected chi connectivity index (χ1v) is 8.85. The Hall–Kier alpha value is -2.15. The predicted octanol–water partition coefficient (Wildman–Crippen LogP) is 4.60. The smallest absolute Gasteiger partial charge is 0.347 e. The summed E-state index contributed by atoms with van der Waals surface area (Å²) in [6.07, 6.45) is -0.903. The van der Waals surface area contributed by atoms with Crippen LogP contribution in [0.25, 0.3) is 0 Å². The molecule has 0 radical (unpaired) electrons. The van der Waals surface area contributed by atoms with E-state index in [-0.39, 0.29) is 20.8 Å². The Labute approximate surface area is 171 Å². The van der Waals surface area contributed by atoms with Crippen LogP contribution in [-0.2, 0) is 14.3 Å². The maximum atomic E-state index is 12.0. The third-order valence-electron chi connectivity index (χ3n) is 3.33. The molecule has 9 heteroatoms. The molecule has 2 aromatic carbocycles. The number of carbonyl (C=O) groups excluding carboxylic acids is 2. The summed E-state index contributed by atoms with van der Waals surface area (Å²) in [5, 5.41) is 3.19. The summed E-state index contributed by atoms with van der Waals surface area (Å²) in [6, 6.07) is 9.51. The van der Waals surface area contributed by atoms with Gasteiger partial charge >= 0.3 is 5.97 Å². The van der Waals surface area contributed by atoms with Crippen LogP contribution in [0.5, 0.6) is 11.5 Å². The monoisotopic (exact) mass is 431 g/mol. The van der Waals surface area contributed by atoms with Gasteiger partial charge in [0.05, 0.1) is 27.9 Å². The van der Waals surface area contributed by atoms with E-state index in [0.29, 0.717) is 11.5 Å². The molecule has 1 N–H and O–H groups in total. The van der Waals surface area contributed by atoms with E-state index in [1.54, 1.807) is 31.4 Å². The molecule has 0 saturated carbocycles. The molecule has 6 nitrogen and oxygen atoms in total. The highest BCUT2D eigenvalue weighted by Crippen LogP contribution is 2.32. The molecular weight excluding hydrogens is 417 g/mol. The van der Waals surface area contributed by atoms with E-state index in [4.69, 9.17) is 49.0 Å². The summed E-state index contributed by atoms with van der Waals surface area (Å²) in [4.78, 5) is 23.9. The highest BCUT2D eigenvalue weighted by molar-refractivity contribution is 6.44. The lowest BCUT2D eigenvalue weighted by molar-refractivity contribution is -0.153. The van der Waals surface area contributed by atoms with Gasteiger partial charge in [-0.2, -0.15) is 0 Å².